The minimum Gasteiger partial charge on any atom is -0.497 e. The first kappa shape index (κ1) is 14.8. The van der Waals surface area contributed by atoms with Crippen molar-refractivity contribution in [3.8, 4) is 11.5 Å². The molecular formula is C15H19NO3. The topological polar surface area (TPSA) is 47.6 Å². The van der Waals surface area contributed by atoms with E-state index in [2.05, 4.69) is 5.32 Å². The van der Waals surface area contributed by atoms with Gasteiger partial charge in [0, 0.05) is 12.1 Å². The lowest BCUT2D eigenvalue weighted by Crippen LogP contribution is -2.26. The first-order valence-corrected chi connectivity index (χ1v) is 6.10. The molecule has 0 fully saturated rings. The van der Waals surface area contributed by atoms with E-state index in [1.807, 2.05) is 31.2 Å². The Kier molecular flexibility index (Phi) is 6.87. The summed E-state index contributed by atoms with van der Waals surface area (Å²) in [7, 11) is 1.61. The zero-order chi connectivity index (χ0) is 13.9. The van der Waals surface area contributed by atoms with E-state index in [0.29, 0.717) is 13.2 Å². The van der Waals surface area contributed by atoms with Gasteiger partial charge in [-0.05, 0) is 19.1 Å². The molecule has 1 aromatic carbocycles. The summed E-state index contributed by atoms with van der Waals surface area (Å²) in [5, 5.41) is 2.72. The van der Waals surface area contributed by atoms with Gasteiger partial charge in [-0.2, -0.15) is 0 Å². The van der Waals surface area contributed by atoms with Gasteiger partial charge in [-0.3, -0.25) is 4.79 Å². The number of hydrogen-bond donors (Lipinski definition) is 1. The van der Waals surface area contributed by atoms with Crippen molar-refractivity contribution in [2.75, 3.05) is 20.3 Å². The highest BCUT2D eigenvalue weighted by molar-refractivity contribution is 5.87. The molecule has 4 nitrogen and oxygen atoms in total. The average molecular weight is 261 g/mol. The van der Waals surface area contributed by atoms with Crippen molar-refractivity contribution in [1.29, 1.82) is 0 Å². The lowest BCUT2D eigenvalue weighted by Gasteiger charge is -2.07. The molecule has 1 aromatic rings. The molecule has 0 saturated heterocycles. The highest BCUT2D eigenvalue weighted by Crippen LogP contribution is 2.18. The van der Waals surface area contributed by atoms with Crippen LogP contribution in [0.3, 0.4) is 0 Å². The van der Waals surface area contributed by atoms with Crippen LogP contribution in [0.1, 0.15) is 6.92 Å². The second-order valence-electron chi connectivity index (χ2n) is 3.70. The number of amides is 1. The van der Waals surface area contributed by atoms with Crippen LogP contribution in [-0.4, -0.2) is 26.2 Å². The number of hydrogen-bond acceptors (Lipinski definition) is 3. The average Bonchev–Trinajstić information content (AvgIpc) is 2.44. The van der Waals surface area contributed by atoms with Crippen LogP contribution in [0.4, 0.5) is 0 Å². The summed E-state index contributed by atoms with van der Waals surface area (Å²) >= 11 is 0. The molecule has 1 N–H and O–H groups in total. The third-order valence-electron chi connectivity index (χ3n) is 2.26. The van der Waals surface area contributed by atoms with Crippen LogP contribution < -0.4 is 14.8 Å². The van der Waals surface area contributed by atoms with Gasteiger partial charge in [-0.1, -0.05) is 24.3 Å². The van der Waals surface area contributed by atoms with E-state index in [0.717, 1.165) is 11.5 Å². The van der Waals surface area contributed by atoms with Crippen molar-refractivity contribution in [3.05, 3.63) is 48.6 Å². The SMILES string of the molecule is C/C=C/C=C/C(=O)NCCOc1cccc(OC)c1. The second kappa shape index (κ2) is 8.80. The fourth-order valence-electron chi connectivity index (χ4n) is 1.35. The fourth-order valence-corrected chi connectivity index (χ4v) is 1.35. The Balaban J connectivity index is 2.25. The Morgan fingerprint density at radius 3 is 2.84 bits per heavy atom. The molecule has 0 aliphatic carbocycles. The molecule has 0 atom stereocenters. The molecule has 102 valence electrons. The van der Waals surface area contributed by atoms with Crippen molar-refractivity contribution in [3.63, 3.8) is 0 Å². The number of allylic oxidation sites excluding steroid dienone is 3. The third kappa shape index (κ3) is 6.31. The monoisotopic (exact) mass is 261 g/mol. The second-order valence-corrected chi connectivity index (χ2v) is 3.70. The summed E-state index contributed by atoms with van der Waals surface area (Å²) in [6.07, 6.45) is 6.83. The van der Waals surface area contributed by atoms with E-state index in [4.69, 9.17) is 9.47 Å². The van der Waals surface area contributed by atoms with E-state index in [1.54, 1.807) is 25.3 Å². The number of ether oxygens (including phenoxy) is 2. The maximum Gasteiger partial charge on any atom is 0.244 e. The zero-order valence-corrected chi connectivity index (χ0v) is 11.3. The zero-order valence-electron chi connectivity index (χ0n) is 11.3. The van der Waals surface area contributed by atoms with Gasteiger partial charge in [0.1, 0.15) is 18.1 Å². The molecule has 0 radical (unpaired) electrons. The van der Waals surface area contributed by atoms with Crippen LogP contribution in [0.2, 0.25) is 0 Å². The third-order valence-corrected chi connectivity index (χ3v) is 2.26. The molecule has 0 aliphatic rings. The van der Waals surface area contributed by atoms with E-state index in [1.165, 1.54) is 6.08 Å². The van der Waals surface area contributed by atoms with Gasteiger partial charge in [0.05, 0.1) is 13.7 Å². The van der Waals surface area contributed by atoms with E-state index < -0.39 is 0 Å². The van der Waals surface area contributed by atoms with Crippen LogP contribution in [-0.2, 0) is 4.79 Å². The van der Waals surface area contributed by atoms with Crippen molar-refractivity contribution in [2.24, 2.45) is 0 Å². The van der Waals surface area contributed by atoms with Gasteiger partial charge in [-0.15, -0.1) is 0 Å². The fraction of sp³-hybridized carbons (Fsp3) is 0.267. The van der Waals surface area contributed by atoms with Crippen LogP contribution in [0.15, 0.2) is 48.6 Å². The molecule has 0 spiro atoms. The summed E-state index contributed by atoms with van der Waals surface area (Å²) in [6.45, 7) is 2.76. The summed E-state index contributed by atoms with van der Waals surface area (Å²) in [5.74, 6) is 1.33. The number of benzene rings is 1. The standard InChI is InChI=1S/C15H19NO3/c1-3-4-5-9-15(17)16-10-11-19-14-8-6-7-13(12-14)18-2/h3-9,12H,10-11H2,1-2H3,(H,16,17)/b4-3+,9-5+. The first-order chi connectivity index (χ1) is 9.26. The molecule has 0 bridgehead atoms. The van der Waals surface area contributed by atoms with Crippen LogP contribution in [0.5, 0.6) is 11.5 Å². The maximum atomic E-state index is 11.3. The van der Waals surface area contributed by atoms with Crippen molar-refractivity contribution >= 4 is 5.91 Å². The predicted octanol–water partition coefficient (Wildman–Crippen LogP) is 2.32. The van der Waals surface area contributed by atoms with Gasteiger partial charge in [-0.25, -0.2) is 0 Å². The maximum absolute atomic E-state index is 11.3. The van der Waals surface area contributed by atoms with Gasteiger partial charge in [0.25, 0.3) is 0 Å². The molecule has 0 aromatic heterocycles. The molecule has 19 heavy (non-hydrogen) atoms. The highest BCUT2D eigenvalue weighted by atomic mass is 16.5. The van der Waals surface area contributed by atoms with Gasteiger partial charge in [0.2, 0.25) is 5.91 Å². The minimum absolute atomic E-state index is 0.132. The number of carbonyl (C=O) groups excluding carboxylic acids is 1. The quantitative estimate of drug-likeness (QED) is 0.465. The van der Waals surface area contributed by atoms with Crippen LogP contribution in [0, 0.1) is 0 Å². The summed E-state index contributed by atoms with van der Waals surface area (Å²) in [6, 6.07) is 7.34. The minimum atomic E-state index is -0.132. The molecule has 0 saturated carbocycles. The van der Waals surface area contributed by atoms with Gasteiger partial charge < -0.3 is 14.8 Å². The molecular weight excluding hydrogens is 242 g/mol. The van der Waals surface area contributed by atoms with E-state index >= 15 is 0 Å². The predicted molar refractivity (Wildman–Crippen MR) is 75.5 cm³/mol. The number of rotatable bonds is 7. The van der Waals surface area contributed by atoms with Gasteiger partial charge in [0.15, 0.2) is 0 Å². The number of nitrogens with one attached hydrogen (secondary N) is 1. The normalized spacial score (nSPS) is 10.8. The number of carbonyl (C=O) groups is 1. The van der Waals surface area contributed by atoms with E-state index in [9.17, 15) is 4.79 Å². The largest absolute Gasteiger partial charge is 0.497 e. The molecule has 0 unspecified atom stereocenters. The molecule has 1 amide bonds. The molecule has 4 heteroatoms. The van der Waals surface area contributed by atoms with Gasteiger partial charge >= 0.3 is 0 Å². The Labute approximate surface area is 113 Å². The van der Waals surface area contributed by atoms with Crippen LogP contribution in [0.25, 0.3) is 0 Å². The van der Waals surface area contributed by atoms with Crippen molar-refractivity contribution in [2.45, 2.75) is 6.92 Å². The Morgan fingerprint density at radius 2 is 2.11 bits per heavy atom. The molecule has 0 aliphatic heterocycles. The van der Waals surface area contributed by atoms with Crippen molar-refractivity contribution in [1.82, 2.24) is 5.32 Å². The van der Waals surface area contributed by atoms with E-state index in [-0.39, 0.29) is 5.91 Å². The summed E-state index contributed by atoms with van der Waals surface area (Å²) < 4.78 is 10.6. The Bertz CT molecular complexity index is 452. The summed E-state index contributed by atoms with van der Waals surface area (Å²) in [4.78, 5) is 11.3. The highest BCUT2D eigenvalue weighted by Gasteiger charge is 1.97. The number of methoxy groups -OCH3 is 1. The van der Waals surface area contributed by atoms with Crippen molar-refractivity contribution < 1.29 is 14.3 Å². The first-order valence-electron chi connectivity index (χ1n) is 6.10. The lowest BCUT2D eigenvalue weighted by atomic mass is 10.3. The Hall–Kier alpha value is -2.23. The molecule has 1 rings (SSSR count). The van der Waals surface area contributed by atoms with Crippen LogP contribution >= 0.6 is 0 Å². The molecule has 0 heterocycles. The lowest BCUT2D eigenvalue weighted by molar-refractivity contribution is -0.116. The summed E-state index contributed by atoms with van der Waals surface area (Å²) in [5.41, 5.74) is 0. The smallest absolute Gasteiger partial charge is 0.244 e. The Morgan fingerprint density at radius 1 is 1.32 bits per heavy atom.